The summed E-state index contributed by atoms with van der Waals surface area (Å²) in [7, 11) is 0. The number of thiophene rings is 1. The second-order valence-electron chi connectivity index (χ2n) is 5.62. The number of benzene rings is 1. The number of hydrogen-bond donors (Lipinski definition) is 1. The molecule has 0 unspecified atom stereocenters. The van der Waals surface area contributed by atoms with Crippen molar-refractivity contribution in [2.75, 3.05) is 19.6 Å². The highest BCUT2D eigenvalue weighted by Gasteiger charge is 2.21. The molecule has 0 saturated carbocycles. The Hall–Kier alpha value is -2.47. The Labute approximate surface area is 144 Å². The fourth-order valence-electron chi connectivity index (χ4n) is 2.75. The van der Waals surface area contributed by atoms with Gasteiger partial charge in [0.1, 0.15) is 0 Å². The van der Waals surface area contributed by atoms with Crippen LogP contribution < -0.4 is 5.32 Å². The number of hydrogen-bond acceptors (Lipinski definition) is 4. The molecule has 2 heterocycles. The second-order valence-corrected chi connectivity index (χ2v) is 6.57. The van der Waals surface area contributed by atoms with Gasteiger partial charge < -0.3 is 10.2 Å². The molecule has 1 aromatic carbocycles. The van der Waals surface area contributed by atoms with Gasteiger partial charge >= 0.3 is 0 Å². The molecule has 1 aliphatic heterocycles. The van der Waals surface area contributed by atoms with Crippen molar-refractivity contribution < 1.29 is 14.4 Å². The highest BCUT2D eigenvalue weighted by atomic mass is 32.1. The molecule has 1 aliphatic rings. The summed E-state index contributed by atoms with van der Waals surface area (Å²) in [6.45, 7) is 1.46. The summed E-state index contributed by atoms with van der Waals surface area (Å²) < 4.78 is 0. The van der Waals surface area contributed by atoms with Gasteiger partial charge in [0.25, 0.3) is 5.91 Å². The molecule has 0 bridgehead atoms. The van der Waals surface area contributed by atoms with E-state index in [9.17, 15) is 14.4 Å². The van der Waals surface area contributed by atoms with Crippen molar-refractivity contribution in [1.82, 2.24) is 10.2 Å². The number of amides is 2. The third kappa shape index (κ3) is 3.54. The highest BCUT2D eigenvalue weighted by Crippen LogP contribution is 2.18. The Balaban J connectivity index is 1.71. The van der Waals surface area contributed by atoms with E-state index in [0.29, 0.717) is 16.0 Å². The number of carbonyl (C=O) groups excluding carboxylic acids is 3. The van der Waals surface area contributed by atoms with Crippen LogP contribution >= 0.6 is 11.3 Å². The van der Waals surface area contributed by atoms with E-state index in [1.165, 1.54) is 11.3 Å². The summed E-state index contributed by atoms with van der Waals surface area (Å²) in [5, 5.41) is 4.46. The minimum absolute atomic E-state index is 0.0413. The molecule has 0 atom stereocenters. The van der Waals surface area contributed by atoms with E-state index in [2.05, 4.69) is 5.32 Å². The Bertz CT molecular complexity index is 749. The fourth-order valence-corrected chi connectivity index (χ4v) is 3.43. The molecule has 1 fully saturated rings. The molecular formula is C18H18N2O3S. The number of ketones is 1. The predicted octanol–water partition coefficient (Wildman–Crippen LogP) is 2.33. The van der Waals surface area contributed by atoms with E-state index < -0.39 is 5.91 Å². The average molecular weight is 342 g/mol. The van der Waals surface area contributed by atoms with E-state index in [-0.39, 0.29) is 18.2 Å². The quantitative estimate of drug-likeness (QED) is 0.848. The van der Waals surface area contributed by atoms with Gasteiger partial charge in [0.05, 0.1) is 17.0 Å². The van der Waals surface area contributed by atoms with Crippen LogP contribution in [0.4, 0.5) is 0 Å². The van der Waals surface area contributed by atoms with Crippen molar-refractivity contribution in [1.29, 1.82) is 0 Å². The monoisotopic (exact) mass is 342 g/mol. The van der Waals surface area contributed by atoms with Gasteiger partial charge in [-0.05, 0) is 30.4 Å². The Morgan fingerprint density at radius 2 is 1.71 bits per heavy atom. The molecule has 2 aromatic rings. The summed E-state index contributed by atoms with van der Waals surface area (Å²) >= 11 is 1.34. The van der Waals surface area contributed by atoms with Gasteiger partial charge in [-0.15, -0.1) is 11.3 Å². The largest absolute Gasteiger partial charge is 0.343 e. The first-order valence-corrected chi connectivity index (χ1v) is 8.78. The number of nitrogens with one attached hydrogen (secondary N) is 1. The van der Waals surface area contributed by atoms with Gasteiger partial charge in [-0.25, -0.2) is 0 Å². The van der Waals surface area contributed by atoms with E-state index in [0.717, 1.165) is 25.9 Å². The van der Waals surface area contributed by atoms with Crippen LogP contribution in [0.3, 0.4) is 0 Å². The zero-order chi connectivity index (χ0) is 16.9. The van der Waals surface area contributed by atoms with Crippen molar-refractivity contribution in [2.24, 2.45) is 0 Å². The number of carbonyl (C=O) groups is 3. The average Bonchev–Trinajstić information content (AvgIpc) is 3.32. The zero-order valence-electron chi connectivity index (χ0n) is 13.2. The highest BCUT2D eigenvalue weighted by molar-refractivity contribution is 7.12. The van der Waals surface area contributed by atoms with Crippen LogP contribution in [0.1, 0.15) is 38.4 Å². The first kappa shape index (κ1) is 16.4. The smallest absolute Gasteiger partial charge is 0.252 e. The molecule has 1 N–H and O–H groups in total. The molecule has 2 amide bonds. The summed E-state index contributed by atoms with van der Waals surface area (Å²) in [6, 6.07) is 10.2. The lowest BCUT2D eigenvalue weighted by atomic mass is 10.0. The molecule has 5 nitrogen and oxygen atoms in total. The number of nitrogens with zero attached hydrogens (tertiary/aromatic N) is 1. The molecule has 1 saturated heterocycles. The van der Waals surface area contributed by atoms with Gasteiger partial charge in [0.2, 0.25) is 11.7 Å². The summed E-state index contributed by atoms with van der Waals surface area (Å²) in [4.78, 5) is 39.3. The third-order valence-electron chi connectivity index (χ3n) is 4.02. The fraction of sp³-hybridized carbons (Fsp3) is 0.278. The maximum absolute atomic E-state index is 12.5. The van der Waals surface area contributed by atoms with Gasteiger partial charge in [-0.1, -0.05) is 24.3 Å². The first-order valence-electron chi connectivity index (χ1n) is 7.90. The third-order valence-corrected chi connectivity index (χ3v) is 4.89. The summed E-state index contributed by atoms with van der Waals surface area (Å²) in [6.07, 6.45) is 2.02. The standard InChI is InChI=1S/C18H18N2O3S/c21-16(20-9-3-4-10-20)12-19-18(23)14-7-2-1-6-13(14)17(22)15-8-5-11-24-15/h1-2,5-8,11H,3-4,9-10,12H2,(H,19,23). The Kier molecular flexibility index (Phi) is 5.05. The van der Waals surface area contributed by atoms with Crippen LogP contribution in [0.2, 0.25) is 0 Å². The maximum atomic E-state index is 12.5. The van der Waals surface area contributed by atoms with Crippen LogP contribution in [0, 0.1) is 0 Å². The molecule has 124 valence electrons. The van der Waals surface area contributed by atoms with Crippen LogP contribution in [-0.2, 0) is 4.79 Å². The second kappa shape index (κ2) is 7.40. The molecule has 24 heavy (non-hydrogen) atoms. The predicted molar refractivity (Wildman–Crippen MR) is 92.3 cm³/mol. The lowest BCUT2D eigenvalue weighted by Crippen LogP contribution is -2.39. The van der Waals surface area contributed by atoms with Crippen LogP contribution in [0.15, 0.2) is 41.8 Å². The lowest BCUT2D eigenvalue weighted by molar-refractivity contribution is -0.129. The van der Waals surface area contributed by atoms with E-state index in [4.69, 9.17) is 0 Å². The van der Waals surface area contributed by atoms with Crippen LogP contribution in [0.5, 0.6) is 0 Å². The van der Waals surface area contributed by atoms with Gasteiger partial charge in [0.15, 0.2) is 0 Å². The van der Waals surface area contributed by atoms with Crippen molar-refractivity contribution in [3.63, 3.8) is 0 Å². The van der Waals surface area contributed by atoms with Crippen molar-refractivity contribution in [3.05, 3.63) is 57.8 Å². The topological polar surface area (TPSA) is 66.5 Å². The van der Waals surface area contributed by atoms with E-state index >= 15 is 0 Å². The molecule has 1 aromatic heterocycles. The van der Waals surface area contributed by atoms with Gasteiger partial charge in [-0.2, -0.15) is 0 Å². The molecule has 0 aliphatic carbocycles. The van der Waals surface area contributed by atoms with Crippen LogP contribution in [0.25, 0.3) is 0 Å². The van der Waals surface area contributed by atoms with Crippen LogP contribution in [-0.4, -0.2) is 42.1 Å². The van der Waals surface area contributed by atoms with Crippen molar-refractivity contribution in [2.45, 2.75) is 12.8 Å². The van der Waals surface area contributed by atoms with Crippen molar-refractivity contribution in [3.8, 4) is 0 Å². The number of rotatable bonds is 5. The minimum atomic E-state index is -0.400. The summed E-state index contributed by atoms with van der Waals surface area (Å²) in [5.41, 5.74) is 0.649. The zero-order valence-corrected chi connectivity index (χ0v) is 14.0. The van der Waals surface area contributed by atoms with E-state index in [1.807, 2.05) is 5.38 Å². The van der Waals surface area contributed by atoms with Gasteiger partial charge in [-0.3, -0.25) is 14.4 Å². The molecular weight excluding hydrogens is 324 g/mol. The normalized spacial score (nSPS) is 13.8. The van der Waals surface area contributed by atoms with Gasteiger partial charge in [0, 0.05) is 18.7 Å². The summed E-state index contributed by atoms with van der Waals surface area (Å²) in [5.74, 6) is -0.660. The first-order chi connectivity index (χ1) is 11.7. The SMILES string of the molecule is O=C(NCC(=O)N1CCCC1)c1ccccc1C(=O)c1cccs1. The molecule has 3 rings (SSSR count). The molecule has 0 radical (unpaired) electrons. The minimum Gasteiger partial charge on any atom is -0.343 e. The molecule has 0 spiro atoms. The maximum Gasteiger partial charge on any atom is 0.252 e. The Morgan fingerprint density at radius 1 is 1.00 bits per heavy atom. The van der Waals surface area contributed by atoms with E-state index in [1.54, 1.807) is 41.3 Å². The number of likely N-dealkylation sites (tertiary alicyclic amines) is 1. The lowest BCUT2D eigenvalue weighted by Gasteiger charge is -2.16. The van der Waals surface area contributed by atoms with Crippen molar-refractivity contribution >= 4 is 28.9 Å². The molecule has 6 heteroatoms. The Morgan fingerprint density at radius 3 is 2.38 bits per heavy atom.